The quantitative estimate of drug-likeness (QED) is 0.233. The normalized spacial score (nSPS) is 21.6. The molecule has 1 unspecified atom stereocenters. The Morgan fingerprint density at radius 1 is 1.47 bits per heavy atom. The molecule has 1 fully saturated rings. The average Bonchev–Trinajstić information content (AvgIpc) is 3.13. The van der Waals surface area contributed by atoms with Gasteiger partial charge < -0.3 is 26.1 Å². The molecule has 3 atom stereocenters. The van der Waals surface area contributed by atoms with Crippen LogP contribution in [0.4, 0.5) is 5.13 Å². The number of hydrogen-bond donors (Lipinski definition) is 4. The van der Waals surface area contributed by atoms with Crippen molar-refractivity contribution >= 4 is 58.2 Å². The molecule has 12 nitrogen and oxygen atoms in total. The number of amides is 2. The minimum atomic E-state index is -1.56. The van der Waals surface area contributed by atoms with Crippen LogP contribution in [-0.4, -0.2) is 67.2 Å². The summed E-state index contributed by atoms with van der Waals surface area (Å²) in [4.78, 5) is 56.9. The third-order valence-corrected chi connectivity index (χ3v) is 6.11. The van der Waals surface area contributed by atoms with Crippen molar-refractivity contribution in [3.8, 4) is 0 Å². The Kier molecular flexibility index (Phi) is 6.07. The second-order valence-corrected chi connectivity index (χ2v) is 7.94. The summed E-state index contributed by atoms with van der Waals surface area (Å²) in [7, 11) is 0. The molecule has 0 bridgehead atoms. The van der Waals surface area contributed by atoms with Crippen LogP contribution in [0.25, 0.3) is 0 Å². The molecule has 0 aromatic carbocycles. The first-order valence-corrected chi connectivity index (χ1v) is 10.1. The van der Waals surface area contributed by atoms with Crippen LogP contribution < -0.4 is 11.1 Å². The van der Waals surface area contributed by atoms with Gasteiger partial charge >= 0.3 is 11.9 Å². The standard InChI is InChI=1S/C16H15N5O7S2/c1-2-6-4-29-13-9(12(23)21(13)10(6)14(24)25)20-8(22)3-18-28-11(15(26)27)7-5-30-16(17)19-7/h2-3,5,9,11,13H,1,4H2,(H2,17,19)(H,20,22)(H,24,25)(H,26,27)/b18-3-/t9-,11?,13-/m1/s1. The number of nitrogens with zero attached hydrogens (tertiary/aromatic N) is 3. The predicted molar refractivity (Wildman–Crippen MR) is 106 cm³/mol. The van der Waals surface area contributed by atoms with Crippen LogP contribution in [0.3, 0.4) is 0 Å². The molecule has 1 aromatic heterocycles. The van der Waals surface area contributed by atoms with E-state index in [0.717, 1.165) is 16.2 Å². The molecular weight excluding hydrogens is 438 g/mol. The van der Waals surface area contributed by atoms with Crippen molar-refractivity contribution in [2.45, 2.75) is 17.5 Å². The molecule has 1 saturated heterocycles. The summed E-state index contributed by atoms with van der Waals surface area (Å²) in [5.74, 6) is -3.72. The number of β-lactam (4-membered cyclic amide) rings is 1. The first-order chi connectivity index (χ1) is 14.2. The number of thioether (sulfide) groups is 1. The Bertz CT molecular complexity index is 988. The van der Waals surface area contributed by atoms with Crippen molar-refractivity contribution in [2.24, 2.45) is 5.16 Å². The maximum Gasteiger partial charge on any atom is 0.354 e. The number of carbonyl (C=O) groups is 4. The highest BCUT2D eigenvalue weighted by molar-refractivity contribution is 8.00. The summed E-state index contributed by atoms with van der Waals surface area (Å²) in [6.45, 7) is 3.55. The molecule has 0 saturated carbocycles. The fraction of sp³-hybridized carbons (Fsp3) is 0.250. The van der Waals surface area contributed by atoms with Crippen LogP contribution in [-0.2, 0) is 24.0 Å². The molecule has 3 heterocycles. The molecular formula is C16H15N5O7S2. The van der Waals surface area contributed by atoms with E-state index < -0.39 is 41.3 Å². The van der Waals surface area contributed by atoms with Crippen LogP contribution in [0.5, 0.6) is 0 Å². The highest BCUT2D eigenvalue weighted by Gasteiger charge is 2.53. The Labute approximate surface area is 177 Å². The van der Waals surface area contributed by atoms with E-state index in [2.05, 4.69) is 22.0 Å². The number of carbonyl (C=O) groups excluding carboxylic acids is 2. The van der Waals surface area contributed by atoms with Gasteiger partial charge in [0.1, 0.15) is 29.0 Å². The Morgan fingerprint density at radius 3 is 2.77 bits per heavy atom. The Balaban J connectivity index is 1.61. The molecule has 0 radical (unpaired) electrons. The first kappa shape index (κ1) is 21.3. The fourth-order valence-electron chi connectivity index (χ4n) is 2.78. The van der Waals surface area contributed by atoms with E-state index >= 15 is 0 Å². The minimum absolute atomic E-state index is 0.0250. The van der Waals surface area contributed by atoms with E-state index in [4.69, 9.17) is 10.6 Å². The molecule has 5 N–H and O–H groups in total. The summed E-state index contributed by atoms with van der Waals surface area (Å²) >= 11 is 2.30. The zero-order valence-corrected chi connectivity index (χ0v) is 16.7. The molecule has 30 heavy (non-hydrogen) atoms. The number of carboxylic acids is 2. The largest absolute Gasteiger partial charge is 0.478 e. The van der Waals surface area contributed by atoms with Crippen LogP contribution >= 0.6 is 23.1 Å². The summed E-state index contributed by atoms with van der Waals surface area (Å²) in [5.41, 5.74) is 5.74. The van der Waals surface area contributed by atoms with E-state index in [0.29, 0.717) is 17.5 Å². The van der Waals surface area contributed by atoms with Crippen LogP contribution in [0.1, 0.15) is 11.8 Å². The van der Waals surface area contributed by atoms with Crippen LogP contribution in [0.15, 0.2) is 34.5 Å². The van der Waals surface area contributed by atoms with Gasteiger partial charge in [-0.3, -0.25) is 14.5 Å². The van der Waals surface area contributed by atoms with Crippen molar-refractivity contribution in [2.75, 3.05) is 11.5 Å². The predicted octanol–water partition coefficient (Wildman–Crippen LogP) is -0.222. The number of nitrogen functional groups attached to an aromatic ring is 1. The number of aromatic nitrogens is 1. The first-order valence-electron chi connectivity index (χ1n) is 8.21. The van der Waals surface area contributed by atoms with Crippen molar-refractivity contribution in [1.29, 1.82) is 0 Å². The lowest BCUT2D eigenvalue weighted by Crippen LogP contribution is -2.70. The number of nitrogens with two attached hydrogens (primary N) is 1. The maximum atomic E-state index is 12.4. The summed E-state index contributed by atoms with van der Waals surface area (Å²) < 4.78 is 0. The Hall–Kier alpha value is -3.39. The number of fused-ring (bicyclic) bond motifs is 1. The van der Waals surface area contributed by atoms with E-state index in [9.17, 15) is 29.4 Å². The lowest BCUT2D eigenvalue weighted by atomic mass is 10.0. The van der Waals surface area contributed by atoms with Gasteiger partial charge in [0.15, 0.2) is 5.13 Å². The van der Waals surface area contributed by atoms with Crippen molar-refractivity contribution in [1.82, 2.24) is 15.2 Å². The molecule has 2 aliphatic heterocycles. The second kappa shape index (κ2) is 8.54. The fourth-order valence-corrected chi connectivity index (χ4v) is 4.69. The number of oxime groups is 1. The SMILES string of the molecule is C=CC1=C(C(=O)O)N2C(=O)[C@@H](NC(=O)/C=N\OC(C(=O)O)c3csc(N)n3)[C@H]2SC1. The van der Waals surface area contributed by atoms with Crippen molar-refractivity contribution < 1.29 is 34.2 Å². The number of carboxylic acid groups (broad SMARTS) is 2. The third kappa shape index (κ3) is 3.99. The summed E-state index contributed by atoms with van der Waals surface area (Å²) in [5, 5.41) is 25.2. The topological polar surface area (TPSA) is 185 Å². The smallest absolute Gasteiger partial charge is 0.354 e. The van der Waals surface area contributed by atoms with E-state index in [1.807, 2.05) is 0 Å². The highest BCUT2D eigenvalue weighted by Crippen LogP contribution is 2.40. The molecule has 0 aliphatic carbocycles. The molecule has 1 aromatic rings. The molecule has 2 amide bonds. The zero-order chi connectivity index (χ0) is 22.0. The Morgan fingerprint density at radius 2 is 2.20 bits per heavy atom. The molecule has 0 spiro atoms. The van der Waals surface area contributed by atoms with Crippen LogP contribution in [0.2, 0.25) is 0 Å². The number of allylic oxidation sites excluding steroid dienone is 1. The number of anilines is 1. The highest BCUT2D eigenvalue weighted by atomic mass is 32.2. The minimum Gasteiger partial charge on any atom is -0.478 e. The summed E-state index contributed by atoms with van der Waals surface area (Å²) in [6.07, 6.45) is 0.501. The van der Waals surface area contributed by atoms with Gasteiger partial charge in [0.25, 0.3) is 17.9 Å². The van der Waals surface area contributed by atoms with Gasteiger partial charge in [-0.15, -0.1) is 23.1 Å². The number of rotatable bonds is 8. The maximum absolute atomic E-state index is 12.4. The molecule has 2 aliphatic rings. The van der Waals surface area contributed by atoms with Crippen molar-refractivity contribution in [3.05, 3.63) is 35.0 Å². The van der Waals surface area contributed by atoms with E-state index in [1.54, 1.807) is 0 Å². The van der Waals surface area contributed by atoms with E-state index in [1.165, 1.54) is 23.2 Å². The number of thiazole rings is 1. The number of hydrogen-bond acceptors (Lipinski definition) is 10. The van der Waals surface area contributed by atoms with Gasteiger partial charge in [-0.25, -0.2) is 14.6 Å². The third-order valence-electron chi connectivity index (χ3n) is 4.11. The van der Waals surface area contributed by atoms with Gasteiger partial charge in [-0.2, -0.15) is 0 Å². The van der Waals surface area contributed by atoms with Gasteiger partial charge in [-0.05, 0) is 5.57 Å². The average molecular weight is 453 g/mol. The van der Waals surface area contributed by atoms with Gasteiger partial charge in [-0.1, -0.05) is 17.8 Å². The summed E-state index contributed by atoms with van der Waals surface area (Å²) in [6, 6.07) is -0.955. The van der Waals surface area contributed by atoms with Gasteiger partial charge in [0.2, 0.25) is 0 Å². The second-order valence-electron chi connectivity index (χ2n) is 5.95. The number of nitrogens with one attached hydrogen (secondary N) is 1. The van der Waals surface area contributed by atoms with E-state index in [-0.39, 0.29) is 16.5 Å². The van der Waals surface area contributed by atoms with Gasteiger partial charge in [0.05, 0.1) is 0 Å². The molecule has 158 valence electrons. The molecule has 3 rings (SSSR count). The zero-order valence-electron chi connectivity index (χ0n) is 15.0. The van der Waals surface area contributed by atoms with Gasteiger partial charge in [0, 0.05) is 11.1 Å². The molecule has 14 heteroatoms. The lowest BCUT2D eigenvalue weighted by molar-refractivity contribution is -0.151. The monoisotopic (exact) mass is 453 g/mol. The van der Waals surface area contributed by atoms with Crippen molar-refractivity contribution in [3.63, 3.8) is 0 Å². The lowest BCUT2D eigenvalue weighted by Gasteiger charge is -2.49. The van der Waals surface area contributed by atoms with Crippen LogP contribution in [0, 0.1) is 0 Å². The number of aliphatic carboxylic acids is 2.